The summed E-state index contributed by atoms with van der Waals surface area (Å²) in [5.41, 5.74) is 6.23. The maximum Gasteiger partial charge on any atom is 0.216 e. The van der Waals surface area contributed by atoms with Crippen LogP contribution in [0.2, 0.25) is 0 Å². The van der Waals surface area contributed by atoms with E-state index in [0.29, 0.717) is 5.58 Å². The van der Waals surface area contributed by atoms with Crippen molar-refractivity contribution in [3.05, 3.63) is 90.3 Å². The summed E-state index contributed by atoms with van der Waals surface area (Å²) in [6.45, 7) is 2.04. The van der Waals surface area contributed by atoms with E-state index >= 15 is 0 Å². The zero-order valence-electron chi connectivity index (χ0n) is 16.7. The Morgan fingerprint density at radius 1 is 0.929 bits per heavy atom. The molecule has 0 aliphatic rings. The van der Waals surface area contributed by atoms with E-state index in [2.05, 4.69) is 34.9 Å². The minimum atomic E-state index is -0.577. The summed E-state index contributed by atoms with van der Waals surface area (Å²) in [6, 6.07) is 21.3. The topological polar surface area (TPSA) is 17.0 Å². The predicted molar refractivity (Wildman–Crippen MR) is 110 cm³/mol. The van der Waals surface area contributed by atoms with Crippen LogP contribution in [0.3, 0.4) is 0 Å². The van der Waals surface area contributed by atoms with Gasteiger partial charge in [0.05, 0.1) is 6.93 Å². The molecule has 0 saturated heterocycles. The molecule has 0 unspecified atom stereocenters. The Hall–Kier alpha value is -3.46. The molecule has 0 radical (unpaired) electrons. The first-order chi connectivity index (χ1) is 14.0. The van der Waals surface area contributed by atoms with Crippen LogP contribution in [-0.2, 0) is 7.05 Å². The van der Waals surface area contributed by atoms with E-state index in [9.17, 15) is 4.39 Å². The molecule has 2 aromatic heterocycles. The molecule has 5 aromatic rings. The molecule has 0 aliphatic carbocycles. The Morgan fingerprint density at radius 3 is 2.54 bits per heavy atom. The second-order valence-electron chi connectivity index (χ2n) is 7.06. The average molecular weight is 369 g/mol. The van der Waals surface area contributed by atoms with Crippen molar-refractivity contribution in [2.24, 2.45) is 7.05 Å². The van der Waals surface area contributed by atoms with Crippen molar-refractivity contribution in [1.29, 1.82) is 0 Å². The molecule has 5 rings (SSSR count). The summed E-state index contributed by atoms with van der Waals surface area (Å²) in [6.07, 6.45) is 2.04. The Kier molecular flexibility index (Phi) is 3.51. The van der Waals surface area contributed by atoms with Crippen LogP contribution in [0, 0.1) is 12.7 Å². The van der Waals surface area contributed by atoms with Gasteiger partial charge < -0.3 is 4.42 Å². The van der Waals surface area contributed by atoms with Crippen LogP contribution in [0.15, 0.2) is 83.4 Å². The number of furan rings is 1. The summed E-state index contributed by atoms with van der Waals surface area (Å²) in [4.78, 5) is 0. The monoisotopic (exact) mass is 369 g/mol. The third-order valence-electron chi connectivity index (χ3n) is 5.25. The Bertz CT molecular complexity index is 1390. The van der Waals surface area contributed by atoms with Gasteiger partial charge in [0, 0.05) is 28.9 Å². The number of halogens is 1. The lowest BCUT2D eigenvalue weighted by Gasteiger charge is -2.08. The number of nitrogens with zero attached hydrogens (tertiary/aromatic N) is 1. The molecule has 0 bridgehead atoms. The first kappa shape index (κ1) is 15.6. The van der Waals surface area contributed by atoms with Crippen LogP contribution in [0.1, 0.15) is 6.93 Å². The number of aryl methyl sites for hydroxylation is 2. The van der Waals surface area contributed by atoms with E-state index in [-0.39, 0.29) is 11.6 Å². The molecule has 0 amide bonds. The van der Waals surface area contributed by atoms with Gasteiger partial charge in [-0.1, -0.05) is 42.5 Å². The van der Waals surface area contributed by atoms with Crippen LogP contribution in [0.5, 0.6) is 0 Å². The lowest BCUT2D eigenvalue weighted by molar-refractivity contribution is -0.660. The number of hydrogen-bond acceptors (Lipinski definition) is 1. The Morgan fingerprint density at radius 2 is 1.71 bits per heavy atom. The van der Waals surface area contributed by atoms with Gasteiger partial charge in [0.2, 0.25) is 5.69 Å². The third kappa shape index (κ3) is 2.59. The van der Waals surface area contributed by atoms with Gasteiger partial charge in [-0.25, -0.2) is 8.96 Å². The van der Waals surface area contributed by atoms with Crippen LogP contribution in [0.4, 0.5) is 4.39 Å². The van der Waals surface area contributed by atoms with Crippen molar-refractivity contribution in [2.75, 3.05) is 0 Å². The molecule has 3 aromatic carbocycles. The maximum absolute atomic E-state index is 13.9. The quantitative estimate of drug-likeness (QED) is 0.339. The van der Waals surface area contributed by atoms with E-state index < -0.39 is 5.82 Å². The minimum Gasteiger partial charge on any atom is -0.455 e. The van der Waals surface area contributed by atoms with Crippen molar-refractivity contribution < 1.29 is 14.7 Å². The van der Waals surface area contributed by atoms with E-state index in [1.165, 1.54) is 6.07 Å². The van der Waals surface area contributed by atoms with Crippen LogP contribution in [-0.4, -0.2) is 0 Å². The lowest BCUT2D eigenvalue weighted by atomic mass is 9.98. The molecule has 28 heavy (non-hydrogen) atoms. The highest BCUT2D eigenvalue weighted by Crippen LogP contribution is 2.37. The van der Waals surface area contributed by atoms with Gasteiger partial charge in [-0.05, 0) is 35.7 Å². The van der Waals surface area contributed by atoms with Crippen molar-refractivity contribution in [1.82, 2.24) is 0 Å². The highest BCUT2D eigenvalue weighted by Gasteiger charge is 2.21. The fourth-order valence-corrected chi connectivity index (χ4v) is 3.79. The number of aromatic nitrogens is 1. The van der Waals surface area contributed by atoms with Gasteiger partial charge in [0.25, 0.3) is 0 Å². The summed E-state index contributed by atoms with van der Waals surface area (Å²) < 4.78 is 30.1. The summed E-state index contributed by atoms with van der Waals surface area (Å²) in [7, 11) is 2.00. The van der Waals surface area contributed by atoms with Crippen molar-refractivity contribution in [3.63, 3.8) is 0 Å². The molecule has 3 heteroatoms. The number of rotatable bonds is 2. The van der Waals surface area contributed by atoms with Crippen molar-refractivity contribution >= 4 is 21.9 Å². The van der Waals surface area contributed by atoms with Crippen LogP contribution in [0.25, 0.3) is 44.3 Å². The van der Waals surface area contributed by atoms with E-state index in [1.54, 1.807) is 6.07 Å². The number of benzene rings is 3. The molecule has 2 nitrogen and oxygen atoms in total. The molecule has 0 spiro atoms. The Labute approximate surface area is 163 Å². The number of fused-ring (bicyclic) bond motifs is 3. The van der Waals surface area contributed by atoms with E-state index in [4.69, 9.17) is 5.79 Å². The highest BCUT2D eigenvalue weighted by molar-refractivity contribution is 6.09. The lowest BCUT2D eigenvalue weighted by Crippen LogP contribution is -2.30. The summed E-state index contributed by atoms with van der Waals surface area (Å²) in [5, 5.41) is 1.65. The Balaban J connectivity index is 1.83. The van der Waals surface area contributed by atoms with E-state index in [1.807, 2.05) is 44.4 Å². The smallest absolute Gasteiger partial charge is 0.216 e. The second-order valence-corrected chi connectivity index (χ2v) is 7.06. The molecule has 0 N–H and O–H groups in total. The standard InChI is InChI=1S/C25H19FNO/c1-16-8-10-21-20-11-9-19(26)15-23(20)28-25(21)24(16)22-14-18(12-13-27(22)2)17-6-4-3-5-7-17/h3-15H,1-2H3/q+1/i15D. The highest BCUT2D eigenvalue weighted by atomic mass is 19.1. The predicted octanol–water partition coefficient (Wildman–Crippen LogP) is 6.19. The van der Waals surface area contributed by atoms with Gasteiger partial charge in [-0.15, -0.1) is 0 Å². The molecule has 0 fully saturated rings. The zero-order chi connectivity index (χ0) is 20.1. The van der Waals surface area contributed by atoms with Gasteiger partial charge in [0.15, 0.2) is 6.20 Å². The molecule has 136 valence electrons. The third-order valence-corrected chi connectivity index (χ3v) is 5.25. The van der Waals surface area contributed by atoms with Crippen LogP contribution < -0.4 is 4.57 Å². The van der Waals surface area contributed by atoms with Gasteiger partial charge >= 0.3 is 0 Å². The fraction of sp³-hybridized carbons (Fsp3) is 0.0800. The largest absolute Gasteiger partial charge is 0.455 e. The molecule has 0 saturated carbocycles. The molecule has 0 atom stereocenters. The van der Waals surface area contributed by atoms with Crippen LogP contribution >= 0.6 is 0 Å². The van der Waals surface area contributed by atoms with Crippen molar-refractivity contribution in [2.45, 2.75) is 6.92 Å². The SMILES string of the molecule is [2H]c1c(F)ccc2c1oc1c(-c3cc(-c4ccccc4)cc[n+]3C)c(C)ccc12. The summed E-state index contributed by atoms with van der Waals surface area (Å²) >= 11 is 0. The fourth-order valence-electron chi connectivity index (χ4n) is 3.79. The second kappa shape index (κ2) is 6.31. The maximum atomic E-state index is 13.9. The zero-order valence-corrected chi connectivity index (χ0v) is 15.7. The van der Waals surface area contributed by atoms with Crippen molar-refractivity contribution in [3.8, 4) is 22.4 Å². The molecule has 2 heterocycles. The number of hydrogen-bond donors (Lipinski definition) is 0. The van der Waals surface area contributed by atoms with E-state index in [0.717, 1.165) is 38.7 Å². The first-order valence-corrected chi connectivity index (χ1v) is 9.21. The van der Waals surface area contributed by atoms with Gasteiger partial charge in [-0.2, -0.15) is 0 Å². The normalized spacial score (nSPS) is 11.9. The number of pyridine rings is 1. The summed E-state index contributed by atoms with van der Waals surface area (Å²) in [5.74, 6) is -0.577. The minimum absolute atomic E-state index is 0.204. The van der Waals surface area contributed by atoms with Gasteiger partial charge in [0.1, 0.15) is 24.0 Å². The molecular weight excluding hydrogens is 349 g/mol. The molecule has 0 aliphatic heterocycles. The van der Waals surface area contributed by atoms with Gasteiger partial charge in [-0.3, -0.25) is 0 Å². The average Bonchev–Trinajstić information content (AvgIpc) is 3.11. The first-order valence-electron chi connectivity index (χ1n) is 9.71. The molecular formula is C25H19FNO+.